The summed E-state index contributed by atoms with van der Waals surface area (Å²) in [6.07, 6.45) is 19.3. The van der Waals surface area contributed by atoms with Crippen molar-refractivity contribution in [2.75, 3.05) is 5.32 Å². The van der Waals surface area contributed by atoms with Gasteiger partial charge in [-0.15, -0.1) is 11.3 Å². The van der Waals surface area contributed by atoms with Gasteiger partial charge < -0.3 is 15.2 Å². The van der Waals surface area contributed by atoms with E-state index in [0.29, 0.717) is 47.4 Å². The van der Waals surface area contributed by atoms with E-state index in [1.165, 1.54) is 67.4 Å². The Kier molecular flexibility index (Phi) is 11.6. The van der Waals surface area contributed by atoms with Crippen LogP contribution in [0.5, 0.6) is 5.75 Å². The molecule has 6 nitrogen and oxygen atoms in total. The number of unbranched alkanes of at least 4 members (excludes halogenated alkanes) is 8. The van der Waals surface area contributed by atoms with E-state index in [4.69, 9.17) is 4.74 Å². The predicted molar refractivity (Wildman–Crippen MR) is 178 cm³/mol. The highest BCUT2D eigenvalue weighted by atomic mass is 32.1. The van der Waals surface area contributed by atoms with E-state index >= 15 is 0 Å². The fourth-order valence-corrected chi connectivity index (χ4v) is 9.53. The number of carbonyl (C=O) groups excluding carboxylic acids is 2. The summed E-state index contributed by atoms with van der Waals surface area (Å²) in [5.41, 5.74) is 2.63. The Labute approximate surface area is 268 Å². The molecule has 2 aromatic rings. The number of aliphatic hydroxyl groups is 1. The third kappa shape index (κ3) is 7.93. The number of anilines is 1. The zero-order valence-corrected chi connectivity index (χ0v) is 28.1. The normalized spacial score (nSPS) is 27.3. The number of nitrogens with zero attached hydrogens (tertiary/aromatic N) is 1. The molecule has 0 saturated heterocycles. The maximum absolute atomic E-state index is 12.8. The third-order valence-electron chi connectivity index (χ3n) is 11.1. The van der Waals surface area contributed by atoms with E-state index in [2.05, 4.69) is 36.3 Å². The van der Waals surface area contributed by atoms with E-state index < -0.39 is 0 Å². The molecule has 5 rings (SSSR count). The number of aromatic nitrogens is 1. The van der Waals surface area contributed by atoms with Crippen molar-refractivity contribution in [1.29, 1.82) is 0 Å². The van der Waals surface area contributed by atoms with Crippen molar-refractivity contribution in [2.24, 2.45) is 23.2 Å². The number of aryl methyl sites for hydroxylation is 2. The number of esters is 1. The summed E-state index contributed by atoms with van der Waals surface area (Å²) >= 11 is 1.50. The zero-order valence-electron chi connectivity index (χ0n) is 27.2. The molecular weight excluding hydrogens is 568 g/mol. The van der Waals surface area contributed by atoms with Crippen LogP contribution in [-0.2, 0) is 16.0 Å². The molecule has 1 amide bonds. The Morgan fingerprint density at radius 2 is 1.82 bits per heavy atom. The fraction of sp³-hybridized carbons (Fsp3) is 0.703. The number of ether oxygens (including phenoxy) is 1. The summed E-state index contributed by atoms with van der Waals surface area (Å²) in [4.78, 5) is 30.7. The minimum absolute atomic E-state index is 0.0173. The lowest BCUT2D eigenvalue weighted by molar-refractivity contribution is -0.134. The van der Waals surface area contributed by atoms with Gasteiger partial charge in [-0.2, -0.15) is 0 Å². The van der Waals surface area contributed by atoms with Gasteiger partial charge in [0.25, 0.3) is 0 Å². The molecule has 2 N–H and O–H groups in total. The van der Waals surface area contributed by atoms with Crippen LogP contribution in [0.3, 0.4) is 0 Å². The Balaban J connectivity index is 1.13. The second-order valence-electron chi connectivity index (χ2n) is 14.2. The Morgan fingerprint density at radius 1 is 1.07 bits per heavy atom. The smallest absolute Gasteiger partial charge is 0.311 e. The first-order valence-electron chi connectivity index (χ1n) is 17.5. The van der Waals surface area contributed by atoms with E-state index in [0.717, 1.165) is 56.2 Å². The van der Waals surface area contributed by atoms with Crippen LogP contribution >= 0.6 is 11.3 Å². The van der Waals surface area contributed by atoms with E-state index in [1.807, 2.05) is 13.0 Å². The first-order valence-corrected chi connectivity index (χ1v) is 18.3. The lowest BCUT2D eigenvalue weighted by atomic mass is 9.53. The highest BCUT2D eigenvalue weighted by Gasteiger charge is 2.58. The van der Waals surface area contributed by atoms with E-state index in [1.54, 1.807) is 6.20 Å². The molecular formula is C37H54N2O4S. The van der Waals surface area contributed by atoms with Gasteiger partial charge in [-0.05, 0) is 104 Å². The second-order valence-corrected chi connectivity index (χ2v) is 15.4. The number of hydrogen-bond donors (Lipinski definition) is 2. The number of hydrogen-bond acceptors (Lipinski definition) is 6. The molecule has 0 spiro atoms. The summed E-state index contributed by atoms with van der Waals surface area (Å²) in [6, 6.07) is 6.31. The molecule has 242 valence electrons. The summed E-state index contributed by atoms with van der Waals surface area (Å²) in [7, 11) is 0. The first kappa shape index (κ1) is 33.1. The van der Waals surface area contributed by atoms with Gasteiger partial charge >= 0.3 is 5.97 Å². The molecule has 0 aliphatic heterocycles. The SMILES string of the molecule is CCCCCCCCCCCC(=O)Oc1ccc2c(c1)CCC1C2CCC2(C)C(O)CC(CCC(=O)Nc3ncc(C)s3)C12. The van der Waals surface area contributed by atoms with Crippen molar-refractivity contribution in [3.05, 3.63) is 40.4 Å². The van der Waals surface area contributed by atoms with Gasteiger partial charge in [0.05, 0.1) is 6.10 Å². The molecule has 1 aromatic carbocycles. The van der Waals surface area contributed by atoms with Crippen LogP contribution in [-0.4, -0.2) is 28.1 Å². The van der Waals surface area contributed by atoms with Crippen LogP contribution in [0.15, 0.2) is 24.4 Å². The molecule has 0 bridgehead atoms. The van der Waals surface area contributed by atoms with E-state index in [9.17, 15) is 14.7 Å². The van der Waals surface area contributed by atoms with Crippen LogP contribution in [0.1, 0.15) is 139 Å². The van der Waals surface area contributed by atoms with Crippen LogP contribution in [0.2, 0.25) is 0 Å². The molecule has 1 aromatic heterocycles. The number of thiazole rings is 1. The van der Waals surface area contributed by atoms with Crippen LogP contribution < -0.4 is 10.1 Å². The average Bonchev–Trinajstić information content (AvgIpc) is 3.53. The third-order valence-corrected chi connectivity index (χ3v) is 11.9. The molecule has 2 saturated carbocycles. The van der Waals surface area contributed by atoms with Crippen molar-refractivity contribution in [3.8, 4) is 5.75 Å². The number of fused-ring (bicyclic) bond motifs is 5. The topological polar surface area (TPSA) is 88.5 Å². The second kappa shape index (κ2) is 15.4. The number of benzene rings is 1. The Morgan fingerprint density at radius 3 is 2.55 bits per heavy atom. The highest BCUT2D eigenvalue weighted by Crippen LogP contribution is 2.63. The standard InChI is InChI=1S/C37H54N2O4S/c1-4-5-6-7-8-9-10-11-12-13-34(42)43-28-16-18-29-26(22-28)14-17-31-30(29)20-21-37(3)32(40)23-27(35(31)37)15-19-33(41)39-36-38-24-25(2)44-36/h16,18,22,24,27,30-32,35,40H,4-15,17,19-21,23H2,1-3H3,(H,38,39,41). The predicted octanol–water partition coefficient (Wildman–Crippen LogP) is 9.14. The number of amides is 1. The molecule has 0 radical (unpaired) electrons. The molecule has 6 atom stereocenters. The van der Waals surface area contributed by atoms with Crippen LogP contribution in [0.25, 0.3) is 0 Å². The van der Waals surface area contributed by atoms with Gasteiger partial charge in [-0.1, -0.05) is 71.3 Å². The first-order chi connectivity index (χ1) is 21.3. The number of rotatable bonds is 15. The molecule has 7 heteroatoms. The molecule has 3 aliphatic carbocycles. The summed E-state index contributed by atoms with van der Waals surface area (Å²) in [5.74, 6) is 2.30. The van der Waals surface area contributed by atoms with E-state index in [-0.39, 0.29) is 23.4 Å². The molecule has 3 aliphatic rings. The van der Waals surface area contributed by atoms with Crippen LogP contribution in [0, 0.1) is 30.1 Å². The minimum Gasteiger partial charge on any atom is -0.427 e. The number of aliphatic hydroxyl groups excluding tert-OH is 1. The van der Waals surface area contributed by atoms with Crippen molar-refractivity contribution in [2.45, 2.75) is 142 Å². The largest absolute Gasteiger partial charge is 0.427 e. The van der Waals surface area contributed by atoms with Crippen molar-refractivity contribution in [1.82, 2.24) is 4.98 Å². The summed E-state index contributed by atoms with van der Waals surface area (Å²) < 4.78 is 5.79. The molecule has 44 heavy (non-hydrogen) atoms. The van der Waals surface area contributed by atoms with Crippen molar-refractivity contribution in [3.63, 3.8) is 0 Å². The minimum atomic E-state index is -0.308. The van der Waals surface area contributed by atoms with Gasteiger partial charge in [-0.3, -0.25) is 9.59 Å². The van der Waals surface area contributed by atoms with Gasteiger partial charge in [0.1, 0.15) is 5.75 Å². The number of nitrogens with one attached hydrogen (secondary N) is 1. The zero-order chi connectivity index (χ0) is 31.1. The fourth-order valence-electron chi connectivity index (χ4n) is 8.85. The van der Waals surface area contributed by atoms with Crippen molar-refractivity contribution < 1.29 is 19.4 Å². The van der Waals surface area contributed by atoms with Gasteiger partial charge in [-0.25, -0.2) is 4.98 Å². The Bertz CT molecular complexity index is 1260. The maximum Gasteiger partial charge on any atom is 0.311 e. The average molecular weight is 623 g/mol. The maximum atomic E-state index is 12.8. The van der Waals surface area contributed by atoms with Gasteiger partial charge in [0.2, 0.25) is 5.91 Å². The monoisotopic (exact) mass is 622 g/mol. The van der Waals surface area contributed by atoms with Crippen LogP contribution in [0.4, 0.5) is 5.13 Å². The molecule has 6 unspecified atom stereocenters. The molecule has 1 heterocycles. The number of carbonyl (C=O) groups is 2. The lowest BCUT2D eigenvalue weighted by Gasteiger charge is -2.51. The summed E-state index contributed by atoms with van der Waals surface area (Å²) in [6.45, 7) is 6.53. The Hall–Kier alpha value is -2.25. The molecule has 2 fully saturated rings. The lowest BCUT2D eigenvalue weighted by Crippen LogP contribution is -2.45. The summed E-state index contributed by atoms with van der Waals surface area (Å²) in [5, 5.41) is 14.9. The van der Waals surface area contributed by atoms with Gasteiger partial charge in [0, 0.05) is 23.9 Å². The highest BCUT2D eigenvalue weighted by molar-refractivity contribution is 7.15. The quantitative estimate of drug-likeness (QED) is 0.117. The van der Waals surface area contributed by atoms with Gasteiger partial charge in [0.15, 0.2) is 5.13 Å². The van der Waals surface area contributed by atoms with Crippen molar-refractivity contribution >= 4 is 28.3 Å².